The zero-order valence-electron chi connectivity index (χ0n) is 9.90. The van der Waals surface area contributed by atoms with E-state index in [1.54, 1.807) is 25.3 Å². The molecule has 0 amide bonds. The zero-order valence-corrected chi connectivity index (χ0v) is 11.5. The summed E-state index contributed by atoms with van der Waals surface area (Å²) in [5, 5.41) is 0. The Kier molecular flexibility index (Phi) is 5.44. The van der Waals surface area contributed by atoms with Crippen LogP contribution >= 0.6 is 15.9 Å². The van der Waals surface area contributed by atoms with E-state index in [0.29, 0.717) is 24.3 Å². The zero-order chi connectivity index (χ0) is 12.8. The Hall–Kier alpha value is -1.07. The molecule has 0 aliphatic heterocycles. The smallest absolute Gasteiger partial charge is 0.338 e. The molecule has 0 saturated carbocycles. The number of hydrogen-bond acceptors (Lipinski definition) is 4. The fourth-order valence-electron chi connectivity index (χ4n) is 1.32. The van der Waals surface area contributed by atoms with Crippen LogP contribution in [0.25, 0.3) is 0 Å². The SMILES string of the molecule is COCCC(C)OC(=O)c1cc(N)cc(Br)c1. The molecule has 5 heteroatoms. The molecule has 0 fully saturated rings. The van der Waals surface area contributed by atoms with Gasteiger partial charge in [0.05, 0.1) is 5.56 Å². The molecule has 1 atom stereocenters. The molecule has 0 aliphatic rings. The molecule has 0 saturated heterocycles. The monoisotopic (exact) mass is 301 g/mol. The molecule has 0 heterocycles. The fourth-order valence-corrected chi connectivity index (χ4v) is 1.83. The van der Waals surface area contributed by atoms with Crippen LogP contribution < -0.4 is 5.73 Å². The van der Waals surface area contributed by atoms with Crippen molar-refractivity contribution in [1.82, 2.24) is 0 Å². The second-order valence-corrected chi connectivity index (χ2v) is 4.69. The van der Waals surface area contributed by atoms with Crippen LogP contribution in [0.1, 0.15) is 23.7 Å². The average molecular weight is 302 g/mol. The van der Waals surface area contributed by atoms with E-state index in [9.17, 15) is 4.79 Å². The van der Waals surface area contributed by atoms with Gasteiger partial charge in [-0.15, -0.1) is 0 Å². The van der Waals surface area contributed by atoms with Gasteiger partial charge in [-0.05, 0) is 25.1 Å². The van der Waals surface area contributed by atoms with E-state index in [1.165, 1.54) is 0 Å². The number of halogens is 1. The van der Waals surface area contributed by atoms with E-state index in [1.807, 2.05) is 6.92 Å². The largest absolute Gasteiger partial charge is 0.459 e. The molecule has 17 heavy (non-hydrogen) atoms. The van der Waals surface area contributed by atoms with Crippen molar-refractivity contribution in [3.05, 3.63) is 28.2 Å². The van der Waals surface area contributed by atoms with E-state index < -0.39 is 0 Å². The average Bonchev–Trinajstić information content (AvgIpc) is 2.25. The molecule has 0 aromatic heterocycles. The minimum atomic E-state index is -0.374. The third-order valence-corrected chi connectivity index (χ3v) is 2.65. The predicted molar refractivity (Wildman–Crippen MR) is 69.9 cm³/mol. The Balaban J connectivity index is 2.63. The number of hydrogen-bond donors (Lipinski definition) is 1. The van der Waals surface area contributed by atoms with Crippen LogP contribution in [0, 0.1) is 0 Å². The summed E-state index contributed by atoms with van der Waals surface area (Å²) in [4.78, 5) is 11.8. The van der Waals surface area contributed by atoms with Gasteiger partial charge >= 0.3 is 5.97 Å². The number of nitrogens with two attached hydrogens (primary N) is 1. The molecule has 0 spiro atoms. The number of anilines is 1. The molecule has 2 N–H and O–H groups in total. The van der Waals surface area contributed by atoms with Crippen molar-refractivity contribution in [3.63, 3.8) is 0 Å². The predicted octanol–water partition coefficient (Wildman–Crippen LogP) is 2.61. The van der Waals surface area contributed by atoms with Crippen molar-refractivity contribution in [2.75, 3.05) is 19.5 Å². The van der Waals surface area contributed by atoms with Gasteiger partial charge in [-0.3, -0.25) is 0 Å². The molecule has 1 aromatic rings. The number of esters is 1. The minimum absolute atomic E-state index is 0.178. The van der Waals surface area contributed by atoms with Gasteiger partial charge in [-0.2, -0.15) is 0 Å². The first kappa shape index (κ1) is 14.0. The van der Waals surface area contributed by atoms with E-state index >= 15 is 0 Å². The second kappa shape index (κ2) is 6.61. The normalized spacial score (nSPS) is 12.2. The molecule has 1 aromatic carbocycles. The quantitative estimate of drug-likeness (QED) is 0.671. The lowest BCUT2D eigenvalue weighted by Crippen LogP contribution is -2.17. The van der Waals surface area contributed by atoms with Gasteiger partial charge in [0.1, 0.15) is 6.10 Å². The lowest BCUT2D eigenvalue weighted by atomic mass is 10.2. The molecule has 0 bridgehead atoms. The summed E-state index contributed by atoms with van der Waals surface area (Å²) in [6.07, 6.45) is 0.494. The third-order valence-electron chi connectivity index (χ3n) is 2.19. The number of carbonyl (C=O) groups excluding carboxylic acids is 1. The van der Waals surface area contributed by atoms with Crippen LogP contribution in [0.15, 0.2) is 22.7 Å². The molecular weight excluding hydrogens is 286 g/mol. The summed E-state index contributed by atoms with van der Waals surface area (Å²) < 4.78 is 10.9. The number of carbonyl (C=O) groups is 1. The van der Waals surface area contributed by atoms with Crippen molar-refractivity contribution < 1.29 is 14.3 Å². The lowest BCUT2D eigenvalue weighted by Gasteiger charge is -2.13. The Labute approximate surface area is 109 Å². The Morgan fingerprint density at radius 3 is 2.76 bits per heavy atom. The van der Waals surface area contributed by atoms with E-state index in [0.717, 1.165) is 4.47 Å². The summed E-state index contributed by atoms with van der Waals surface area (Å²) in [6, 6.07) is 5.00. The summed E-state index contributed by atoms with van der Waals surface area (Å²) >= 11 is 3.28. The van der Waals surface area contributed by atoms with Crippen molar-refractivity contribution in [2.24, 2.45) is 0 Å². The minimum Gasteiger partial charge on any atom is -0.459 e. The number of benzene rings is 1. The number of nitrogen functional groups attached to an aromatic ring is 1. The van der Waals surface area contributed by atoms with Crippen molar-refractivity contribution in [3.8, 4) is 0 Å². The van der Waals surface area contributed by atoms with Crippen LogP contribution in [0.2, 0.25) is 0 Å². The highest BCUT2D eigenvalue weighted by molar-refractivity contribution is 9.10. The molecule has 0 aliphatic carbocycles. The van der Waals surface area contributed by atoms with Crippen LogP contribution in [-0.4, -0.2) is 25.8 Å². The molecule has 1 rings (SSSR count). The fraction of sp³-hybridized carbons (Fsp3) is 0.417. The van der Waals surface area contributed by atoms with E-state index in [2.05, 4.69) is 15.9 Å². The van der Waals surface area contributed by atoms with Crippen molar-refractivity contribution >= 4 is 27.6 Å². The van der Waals surface area contributed by atoms with E-state index in [4.69, 9.17) is 15.2 Å². The summed E-state index contributed by atoms with van der Waals surface area (Å²) in [5.74, 6) is -0.374. The number of ether oxygens (including phenoxy) is 2. The maximum absolute atomic E-state index is 11.8. The van der Waals surface area contributed by atoms with Gasteiger partial charge in [-0.1, -0.05) is 15.9 Å². The third kappa shape index (κ3) is 4.75. The Morgan fingerprint density at radius 2 is 2.18 bits per heavy atom. The first-order valence-corrected chi connectivity index (χ1v) is 6.08. The standard InChI is InChI=1S/C12H16BrNO3/c1-8(3-4-16-2)17-12(15)9-5-10(13)7-11(14)6-9/h5-8H,3-4,14H2,1-2H3. The first-order chi connectivity index (χ1) is 8.02. The van der Waals surface area contributed by atoms with Gasteiger partial charge < -0.3 is 15.2 Å². The summed E-state index contributed by atoms with van der Waals surface area (Å²) in [5.41, 5.74) is 6.62. The number of methoxy groups -OCH3 is 1. The Morgan fingerprint density at radius 1 is 1.47 bits per heavy atom. The van der Waals surface area contributed by atoms with Crippen LogP contribution in [0.3, 0.4) is 0 Å². The molecule has 0 radical (unpaired) electrons. The summed E-state index contributed by atoms with van der Waals surface area (Å²) in [7, 11) is 1.61. The van der Waals surface area contributed by atoms with Gasteiger partial charge in [0.15, 0.2) is 0 Å². The molecule has 1 unspecified atom stereocenters. The van der Waals surface area contributed by atoms with Crippen molar-refractivity contribution in [1.29, 1.82) is 0 Å². The highest BCUT2D eigenvalue weighted by atomic mass is 79.9. The summed E-state index contributed by atoms with van der Waals surface area (Å²) in [6.45, 7) is 2.40. The van der Waals surface area contributed by atoms with Crippen molar-refractivity contribution in [2.45, 2.75) is 19.4 Å². The van der Waals surface area contributed by atoms with Crippen LogP contribution in [-0.2, 0) is 9.47 Å². The molecule has 4 nitrogen and oxygen atoms in total. The first-order valence-electron chi connectivity index (χ1n) is 5.29. The van der Waals surface area contributed by atoms with Gasteiger partial charge in [0, 0.05) is 30.3 Å². The molecule has 94 valence electrons. The van der Waals surface area contributed by atoms with Crippen LogP contribution in [0.5, 0.6) is 0 Å². The maximum atomic E-state index is 11.8. The Bertz CT molecular complexity index is 375. The highest BCUT2D eigenvalue weighted by Gasteiger charge is 2.12. The maximum Gasteiger partial charge on any atom is 0.338 e. The second-order valence-electron chi connectivity index (χ2n) is 3.77. The van der Waals surface area contributed by atoms with Crippen LogP contribution in [0.4, 0.5) is 5.69 Å². The van der Waals surface area contributed by atoms with Gasteiger partial charge in [0.2, 0.25) is 0 Å². The topological polar surface area (TPSA) is 61.5 Å². The molecular formula is C12H16BrNO3. The highest BCUT2D eigenvalue weighted by Crippen LogP contribution is 2.18. The number of rotatable bonds is 5. The van der Waals surface area contributed by atoms with Gasteiger partial charge in [-0.25, -0.2) is 4.79 Å². The van der Waals surface area contributed by atoms with E-state index in [-0.39, 0.29) is 12.1 Å². The van der Waals surface area contributed by atoms with Gasteiger partial charge in [0.25, 0.3) is 0 Å². The lowest BCUT2D eigenvalue weighted by molar-refractivity contribution is 0.0266.